The minimum Gasteiger partial charge on any atom is -0.496 e. The zero-order valence-electron chi connectivity index (χ0n) is 13.3. The minimum absolute atomic E-state index is 0.655. The smallest absolute Gasteiger partial charge is 0.167 e. The van der Waals surface area contributed by atoms with E-state index in [1.807, 2.05) is 36.6 Å². The van der Waals surface area contributed by atoms with Crippen molar-refractivity contribution in [3.63, 3.8) is 0 Å². The number of aryl methyl sites for hydroxylation is 3. The molecule has 0 spiro atoms. The highest BCUT2D eigenvalue weighted by Crippen LogP contribution is 2.37. The van der Waals surface area contributed by atoms with Crippen LogP contribution in [0.2, 0.25) is 0 Å². The lowest BCUT2D eigenvalue weighted by Gasteiger charge is -2.12. The van der Waals surface area contributed by atoms with E-state index >= 15 is 0 Å². The summed E-state index contributed by atoms with van der Waals surface area (Å²) in [7, 11) is 1.67. The Labute approximate surface area is 130 Å². The van der Waals surface area contributed by atoms with Crippen molar-refractivity contribution >= 4 is 11.8 Å². The van der Waals surface area contributed by atoms with E-state index < -0.39 is 0 Å². The molecule has 0 saturated carbocycles. The molecule has 0 bridgehead atoms. The monoisotopic (exact) mass is 293 g/mol. The Morgan fingerprint density at radius 3 is 2.50 bits per heavy atom. The van der Waals surface area contributed by atoms with Crippen molar-refractivity contribution in [1.82, 2.24) is 4.40 Å². The number of aromatic nitrogens is 1. The van der Waals surface area contributed by atoms with Crippen LogP contribution < -0.4 is 4.74 Å². The van der Waals surface area contributed by atoms with E-state index in [2.05, 4.69) is 25.1 Å². The van der Waals surface area contributed by atoms with Gasteiger partial charge in [-0.2, -0.15) is 0 Å². The molecule has 1 aromatic carbocycles. The van der Waals surface area contributed by atoms with Crippen molar-refractivity contribution in [3.8, 4) is 16.9 Å². The topological polar surface area (TPSA) is 30.7 Å². The van der Waals surface area contributed by atoms with Gasteiger partial charge in [0.2, 0.25) is 0 Å². The number of fused-ring (bicyclic) bond motifs is 1. The highest BCUT2D eigenvalue weighted by molar-refractivity contribution is 5.92. The number of pyridine rings is 1. The zero-order chi connectivity index (χ0) is 15.9. The first-order valence-electron chi connectivity index (χ1n) is 7.28. The van der Waals surface area contributed by atoms with Gasteiger partial charge in [-0.1, -0.05) is 12.1 Å². The quantitative estimate of drug-likeness (QED) is 0.672. The summed E-state index contributed by atoms with van der Waals surface area (Å²) in [5.74, 6) is 0.822. The SMILES string of the molecule is COc1c(C)cc(C)cc1-c1cc2c(C)cccn2c1C=O. The number of carbonyl (C=O) groups is 1. The second kappa shape index (κ2) is 5.34. The first-order chi connectivity index (χ1) is 10.6. The third-order valence-corrected chi connectivity index (χ3v) is 4.09. The number of nitrogens with zero attached hydrogens (tertiary/aromatic N) is 1. The van der Waals surface area contributed by atoms with Crippen LogP contribution in [-0.4, -0.2) is 17.8 Å². The molecule has 3 rings (SSSR count). The summed E-state index contributed by atoms with van der Waals surface area (Å²) in [6.07, 6.45) is 2.84. The minimum atomic E-state index is 0.655. The summed E-state index contributed by atoms with van der Waals surface area (Å²) in [6, 6.07) is 10.2. The van der Waals surface area contributed by atoms with Crippen molar-refractivity contribution in [2.45, 2.75) is 20.8 Å². The predicted octanol–water partition coefficient (Wildman–Crippen LogP) is 4.35. The number of methoxy groups -OCH3 is 1. The van der Waals surface area contributed by atoms with Gasteiger partial charge in [0, 0.05) is 22.8 Å². The second-order valence-corrected chi connectivity index (χ2v) is 5.67. The maximum atomic E-state index is 11.7. The van der Waals surface area contributed by atoms with E-state index in [1.165, 1.54) is 0 Å². The van der Waals surface area contributed by atoms with Gasteiger partial charge in [-0.3, -0.25) is 4.79 Å². The molecule has 0 aliphatic carbocycles. The average molecular weight is 293 g/mol. The van der Waals surface area contributed by atoms with Gasteiger partial charge in [-0.05, 0) is 55.7 Å². The van der Waals surface area contributed by atoms with Gasteiger partial charge < -0.3 is 9.14 Å². The Morgan fingerprint density at radius 1 is 1.05 bits per heavy atom. The van der Waals surface area contributed by atoms with E-state index in [4.69, 9.17) is 4.74 Å². The molecular formula is C19H19NO2. The largest absolute Gasteiger partial charge is 0.496 e. The summed E-state index contributed by atoms with van der Waals surface area (Å²) in [4.78, 5) is 11.7. The van der Waals surface area contributed by atoms with Crippen molar-refractivity contribution in [2.75, 3.05) is 7.11 Å². The zero-order valence-corrected chi connectivity index (χ0v) is 13.3. The summed E-state index contributed by atoms with van der Waals surface area (Å²) in [5, 5.41) is 0. The molecular weight excluding hydrogens is 274 g/mol. The fraction of sp³-hybridized carbons (Fsp3) is 0.211. The number of benzene rings is 1. The summed E-state index contributed by atoms with van der Waals surface area (Å²) < 4.78 is 7.53. The Kier molecular flexibility index (Phi) is 3.49. The molecule has 0 aliphatic rings. The third-order valence-electron chi connectivity index (χ3n) is 4.09. The number of aldehydes is 1. The van der Waals surface area contributed by atoms with Crippen LogP contribution in [0.5, 0.6) is 5.75 Å². The van der Waals surface area contributed by atoms with Gasteiger partial charge in [0.05, 0.1) is 12.8 Å². The molecule has 0 unspecified atom stereocenters. The molecule has 3 heteroatoms. The normalized spacial score (nSPS) is 10.9. The lowest BCUT2D eigenvalue weighted by molar-refractivity contribution is 0.111. The van der Waals surface area contributed by atoms with Gasteiger partial charge >= 0.3 is 0 Å². The van der Waals surface area contributed by atoms with Crippen LogP contribution in [-0.2, 0) is 0 Å². The van der Waals surface area contributed by atoms with Gasteiger partial charge in [-0.25, -0.2) is 0 Å². The second-order valence-electron chi connectivity index (χ2n) is 5.67. The van der Waals surface area contributed by atoms with Crippen LogP contribution in [0.25, 0.3) is 16.6 Å². The van der Waals surface area contributed by atoms with Crippen molar-refractivity contribution in [2.24, 2.45) is 0 Å². The lowest BCUT2D eigenvalue weighted by Crippen LogP contribution is -1.96. The fourth-order valence-corrected chi connectivity index (χ4v) is 3.12. The molecule has 3 nitrogen and oxygen atoms in total. The number of ether oxygens (including phenoxy) is 1. The highest BCUT2D eigenvalue weighted by atomic mass is 16.5. The summed E-state index contributed by atoms with van der Waals surface area (Å²) >= 11 is 0. The average Bonchev–Trinajstić information content (AvgIpc) is 2.86. The molecule has 0 aliphatic heterocycles. The molecule has 22 heavy (non-hydrogen) atoms. The molecule has 0 amide bonds. The molecule has 0 N–H and O–H groups in total. The molecule has 0 atom stereocenters. The number of rotatable bonds is 3. The fourth-order valence-electron chi connectivity index (χ4n) is 3.12. The first kappa shape index (κ1) is 14.4. The first-order valence-corrected chi connectivity index (χ1v) is 7.28. The standard InChI is InChI=1S/C19H19NO2/c1-12-8-14(3)19(22-4)16(9-12)15-10-17-13(2)6-5-7-20(17)18(15)11-21/h5-11H,1-4H3. The lowest BCUT2D eigenvalue weighted by atomic mass is 9.99. The van der Waals surface area contributed by atoms with Crippen LogP contribution in [0.15, 0.2) is 36.5 Å². The van der Waals surface area contributed by atoms with Crippen molar-refractivity contribution < 1.29 is 9.53 Å². The number of hydrogen-bond acceptors (Lipinski definition) is 2. The van der Waals surface area contributed by atoms with Crippen LogP contribution >= 0.6 is 0 Å². The molecule has 3 aromatic rings. The molecule has 0 fully saturated rings. The van der Waals surface area contributed by atoms with Crippen LogP contribution in [0, 0.1) is 20.8 Å². The number of carbonyl (C=O) groups excluding carboxylic acids is 1. The van der Waals surface area contributed by atoms with Gasteiger partial charge in [0.25, 0.3) is 0 Å². The van der Waals surface area contributed by atoms with Crippen LogP contribution in [0.3, 0.4) is 0 Å². The Balaban J connectivity index is 2.40. The molecule has 0 saturated heterocycles. The predicted molar refractivity (Wildman–Crippen MR) is 89.0 cm³/mol. The van der Waals surface area contributed by atoms with Gasteiger partial charge in [0.1, 0.15) is 5.75 Å². The molecule has 0 radical (unpaired) electrons. The van der Waals surface area contributed by atoms with Gasteiger partial charge in [-0.15, -0.1) is 0 Å². The van der Waals surface area contributed by atoms with Gasteiger partial charge in [0.15, 0.2) is 6.29 Å². The molecule has 2 aromatic heterocycles. The van der Waals surface area contributed by atoms with E-state index in [9.17, 15) is 4.79 Å². The molecule has 2 heterocycles. The van der Waals surface area contributed by atoms with E-state index in [0.29, 0.717) is 5.69 Å². The van der Waals surface area contributed by atoms with E-state index in [1.54, 1.807) is 7.11 Å². The van der Waals surface area contributed by atoms with Crippen LogP contribution in [0.4, 0.5) is 0 Å². The van der Waals surface area contributed by atoms with Crippen molar-refractivity contribution in [1.29, 1.82) is 0 Å². The van der Waals surface area contributed by atoms with E-state index in [-0.39, 0.29) is 0 Å². The maximum Gasteiger partial charge on any atom is 0.167 e. The van der Waals surface area contributed by atoms with Crippen molar-refractivity contribution in [3.05, 3.63) is 58.9 Å². The Morgan fingerprint density at radius 2 is 1.82 bits per heavy atom. The van der Waals surface area contributed by atoms with E-state index in [0.717, 1.165) is 45.4 Å². The number of hydrogen-bond donors (Lipinski definition) is 0. The van der Waals surface area contributed by atoms with Crippen LogP contribution in [0.1, 0.15) is 27.2 Å². The summed E-state index contributed by atoms with van der Waals surface area (Å²) in [5.41, 5.74) is 6.93. The highest BCUT2D eigenvalue weighted by Gasteiger charge is 2.17. The third kappa shape index (κ3) is 2.10. The Hall–Kier alpha value is -2.55. The molecule has 112 valence electrons. The maximum absolute atomic E-state index is 11.7. The summed E-state index contributed by atoms with van der Waals surface area (Å²) in [6.45, 7) is 6.13. The Bertz CT molecular complexity index is 875.